The van der Waals surface area contributed by atoms with Crippen LogP contribution in [0.3, 0.4) is 0 Å². The average Bonchev–Trinajstić information content (AvgIpc) is 2.47. The highest BCUT2D eigenvalue weighted by Crippen LogP contribution is 2.24. The number of aryl methyl sites for hydroxylation is 1. The van der Waals surface area contributed by atoms with Gasteiger partial charge in [-0.1, -0.05) is 51.1 Å². The van der Waals surface area contributed by atoms with Gasteiger partial charge in [-0.2, -0.15) is 0 Å². The minimum atomic E-state index is 0.458. The van der Waals surface area contributed by atoms with Crippen molar-refractivity contribution in [2.24, 2.45) is 0 Å². The molecule has 0 atom stereocenters. The molecule has 2 aromatic carbocycles. The van der Waals surface area contributed by atoms with Gasteiger partial charge in [0.1, 0.15) is 0 Å². The number of hydrogen-bond donors (Lipinski definition) is 2. The highest BCUT2D eigenvalue weighted by Gasteiger charge is 2.07. The molecule has 0 heterocycles. The summed E-state index contributed by atoms with van der Waals surface area (Å²) in [6, 6.07) is 16.6. The Bertz CT molecular complexity index is 620. The van der Waals surface area contributed by atoms with Crippen LogP contribution in [-0.4, -0.2) is 5.11 Å². The maximum atomic E-state index is 5.42. The zero-order valence-electron chi connectivity index (χ0n) is 12.8. The third kappa shape index (κ3) is 4.30. The third-order valence-electron chi connectivity index (χ3n) is 3.42. The van der Waals surface area contributed by atoms with Crippen molar-refractivity contribution >= 4 is 28.7 Å². The van der Waals surface area contributed by atoms with Crippen LogP contribution in [0.15, 0.2) is 48.5 Å². The molecule has 110 valence electrons. The Morgan fingerprint density at radius 2 is 1.81 bits per heavy atom. The van der Waals surface area contributed by atoms with Crippen LogP contribution < -0.4 is 10.6 Å². The molecule has 0 amide bonds. The first kappa shape index (κ1) is 15.5. The van der Waals surface area contributed by atoms with E-state index in [1.807, 2.05) is 18.2 Å². The summed E-state index contributed by atoms with van der Waals surface area (Å²) in [7, 11) is 0. The molecule has 0 aliphatic heterocycles. The van der Waals surface area contributed by atoms with Crippen molar-refractivity contribution in [3.8, 4) is 0 Å². The summed E-state index contributed by atoms with van der Waals surface area (Å²) in [6.45, 7) is 6.51. The first-order valence-electron chi connectivity index (χ1n) is 7.36. The van der Waals surface area contributed by atoms with Crippen LogP contribution in [0.2, 0.25) is 0 Å². The van der Waals surface area contributed by atoms with E-state index in [1.165, 1.54) is 11.1 Å². The van der Waals surface area contributed by atoms with E-state index < -0.39 is 0 Å². The first-order valence-corrected chi connectivity index (χ1v) is 7.77. The highest BCUT2D eigenvalue weighted by atomic mass is 32.1. The summed E-state index contributed by atoms with van der Waals surface area (Å²) in [5.74, 6) is 0.458. The largest absolute Gasteiger partial charge is 0.332 e. The lowest BCUT2D eigenvalue weighted by atomic mass is 10.0. The Labute approximate surface area is 132 Å². The summed E-state index contributed by atoms with van der Waals surface area (Å²) < 4.78 is 0. The van der Waals surface area contributed by atoms with Gasteiger partial charge in [-0.25, -0.2) is 0 Å². The van der Waals surface area contributed by atoms with Crippen LogP contribution >= 0.6 is 12.2 Å². The highest BCUT2D eigenvalue weighted by molar-refractivity contribution is 7.80. The monoisotopic (exact) mass is 298 g/mol. The number of rotatable bonds is 4. The van der Waals surface area contributed by atoms with Gasteiger partial charge in [-0.05, 0) is 53.9 Å². The number of hydrogen-bond acceptors (Lipinski definition) is 1. The van der Waals surface area contributed by atoms with Crippen molar-refractivity contribution < 1.29 is 0 Å². The molecular formula is C18H22N2S. The SMILES string of the molecule is CCc1cccc(NC(=S)Nc2ccccc2C(C)C)c1. The van der Waals surface area contributed by atoms with Crippen LogP contribution in [0.4, 0.5) is 11.4 Å². The lowest BCUT2D eigenvalue weighted by Crippen LogP contribution is -2.20. The van der Waals surface area contributed by atoms with Gasteiger partial charge < -0.3 is 10.6 Å². The summed E-state index contributed by atoms with van der Waals surface area (Å²) in [5.41, 5.74) is 4.65. The molecule has 0 aliphatic carbocycles. The van der Waals surface area contributed by atoms with E-state index in [-0.39, 0.29) is 0 Å². The fraction of sp³-hybridized carbons (Fsp3) is 0.278. The zero-order chi connectivity index (χ0) is 15.2. The molecule has 2 nitrogen and oxygen atoms in total. The van der Waals surface area contributed by atoms with E-state index in [2.05, 4.69) is 61.7 Å². The number of benzene rings is 2. The van der Waals surface area contributed by atoms with Crippen molar-refractivity contribution in [1.82, 2.24) is 0 Å². The molecule has 2 rings (SSSR count). The molecule has 0 aromatic heterocycles. The molecule has 2 N–H and O–H groups in total. The minimum Gasteiger partial charge on any atom is -0.332 e. The summed E-state index contributed by atoms with van der Waals surface area (Å²) in [5, 5.41) is 7.17. The van der Waals surface area contributed by atoms with Gasteiger partial charge in [-0.3, -0.25) is 0 Å². The van der Waals surface area contributed by atoms with Gasteiger partial charge >= 0.3 is 0 Å². The average molecular weight is 298 g/mol. The Morgan fingerprint density at radius 1 is 1.05 bits per heavy atom. The minimum absolute atomic E-state index is 0.458. The Balaban J connectivity index is 2.08. The van der Waals surface area contributed by atoms with Gasteiger partial charge in [0.25, 0.3) is 0 Å². The van der Waals surface area contributed by atoms with Crippen LogP contribution in [0, 0.1) is 0 Å². The topological polar surface area (TPSA) is 24.1 Å². The van der Waals surface area contributed by atoms with Crippen molar-refractivity contribution in [2.75, 3.05) is 10.6 Å². The Kier molecular flexibility index (Phi) is 5.34. The molecule has 0 spiro atoms. The predicted octanol–water partition coefficient (Wildman–Crippen LogP) is 5.18. The van der Waals surface area contributed by atoms with Crippen LogP contribution in [0.25, 0.3) is 0 Å². The second-order valence-electron chi connectivity index (χ2n) is 5.38. The fourth-order valence-electron chi connectivity index (χ4n) is 2.27. The van der Waals surface area contributed by atoms with Crippen LogP contribution in [0.1, 0.15) is 37.8 Å². The molecular weight excluding hydrogens is 276 g/mol. The number of thiocarbonyl (C=S) groups is 1. The van der Waals surface area contributed by atoms with Crippen molar-refractivity contribution in [3.05, 3.63) is 59.7 Å². The lowest BCUT2D eigenvalue weighted by Gasteiger charge is -2.16. The van der Waals surface area contributed by atoms with E-state index in [4.69, 9.17) is 12.2 Å². The van der Waals surface area contributed by atoms with E-state index in [0.717, 1.165) is 17.8 Å². The molecule has 2 aromatic rings. The molecule has 0 fully saturated rings. The number of para-hydroxylation sites is 1. The number of nitrogens with one attached hydrogen (secondary N) is 2. The Morgan fingerprint density at radius 3 is 2.52 bits per heavy atom. The molecule has 0 aliphatic rings. The predicted molar refractivity (Wildman–Crippen MR) is 96.2 cm³/mol. The summed E-state index contributed by atoms with van der Waals surface area (Å²) in [6.07, 6.45) is 1.02. The normalized spacial score (nSPS) is 10.5. The van der Waals surface area contributed by atoms with Gasteiger partial charge in [-0.15, -0.1) is 0 Å². The van der Waals surface area contributed by atoms with Crippen LogP contribution in [-0.2, 0) is 6.42 Å². The first-order chi connectivity index (χ1) is 10.1. The van der Waals surface area contributed by atoms with E-state index in [1.54, 1.807) is 0 Å². The lowest BCUT2D eigenvalue weighted by molar-refractivity contribution is 0.869. The maximum absolute atomic E-state index is 5.42. The molecule has 0 saturated heterocycles. The molecule has 0 bridgehead atoms. The molecule has 0 unspecified atom stereocenters. The Hall–Kier alpha value is -1.87. The maximum Gasteiger partial charge on any atom is 0.175 e. The van der Waals surface area contributed by atoms with Gasteiger partial charge in [0.2, 0.25) is 0 Å². The molecule has 21 heavy (non-hydrogen) atoms. The van der Waals surface area contributed by atoms with Crippen LogP contribution in [0.5, 0.6) is 0 Å². The fourth-order valence-corrected chi connectivity index (χ4v) is 2.50. The van der Waals surface area contributed by atoms with E-state index in [0.29, 0.717) is 11.0 Å². The van der Waals surface area contributed by atoms with Crippen molar-refractivity contribution in [3.63, 3.8) is 0 Å². The van der Waals surface area contributed by atoms with Gasteiger partial charge in [0.15, 0.2) is 5.11 Å². The molecule has 0 radical (unpaired) electrons. The zero-order valence-corrected chi connectivity index (χ0v) is 13.6. The summed E-state index contributed by atoms with van der Waals surface area (Å²) >= 11 is 5.42. The van der Waals surface area contributed by atoms with E-state index in [9.17, 15) is 0 Å². The third-order valence-corrected chi connectivity index (χ3v) is 3.63. The van der Waals surface area contributed by atoms with Gasteiger partial charge in [0.05, 0.1) is 0 Å². The van der Waals surface area contributed by atoms with E-state index >= 15 is 0 Å². The molecule has 3 heteroatoms. The standard InChI is InChI=1S/C18H22N2S/c1-4-14-8-7-9-15(12-14)19-18(21)20-17-11-6-5-10-16(17)13(2)3/h5-13H,4H2,1-3H3,(H2,19,20,21). The number of anilines is 2. The van der Waals surface area contributed by atoms with Crippen molar-refractivity contribution in [2.45, 2.75) is 33.1 Å². The smallest absolute Gasteiger partial charge is 0.175 e. The molecule has 0 saturated carbocycles. The summed E-state index contributed by atoms with van der Waals surface area (Å²) in [4.78, 5) is 0. The second-order valence-corrected chi connectivity index (χ2v) is 5.78. The van der Waals surface area contributed by atoms with Gasteiger partial charge in [0, 0.05) is 11.4 Å². The quantitative estimate of drug-likeness (QED) is 0.760. The second kappa shape index (κ2) is 7.23. The van der Waals surface area contributed by atoms with Crippen molar-refractivity contribution in [1.29, 1.82) is 0 Å².